The molecule has 0 radical (unpaired) electrons. The van der Waals surface area contributed by atoms with Crippen molar-refractivity contribution < 1.29 is 8.83 Å². The Morgan fingerprint density at radius 3 is 2.33 bits per heavy atom. The molecule has 0 aliphatic carbocycles. The third-order valence-electron chi connectivity index (χ3n) is 3.69. The number of rotatable bonds is 2. The van der Waals surface area contributed by atoms with E-state index in [0.29, 0.717) is 38.3 Å². The van der Waals surface area contributed by atoms with Crippen LogP contribution in [0.5, 0.6) is 0 Å². The minimum absolute atomic E-state index is 0.112. The Hall–Kier alpha value is -2.49. The molecular formula is C19H10Cl2O3. The standard InChI is InChI=1S/C19H10Cl2O3/c20-13-6-5-11(9-14(13)21)16-7-8-18(23-16)19-10-15(22)12-3-1-2-4-17(12)24-19/h1-10H. The lowest BCUT2D eigenvalue weighted by Gasteiger charge is -2.01. The van der Waals surface area contributed by atoms with Crippen LogP contribution in [0.4, 0.5) is 0 Å². The summed E-state index contributed by atoms with van der Waals surface area (Å²) < 4.78 is 11.6. The van der Waals surface area contributed by atoms with Crippen LogP contribution in [0, 0.1) is 0 Å². The molecule has 0 saturated carbocycles. The van der Waals surface area contributed by atoms with E-state index < -0.39 is 0 Å². The highest BCUT2D eigenvalue weighted by molar-refractivity contribution is 6.42. The zero-order valence-electron chi connectivity index (χ0n) is 12.3. The highest BCUT2D eigenvalue weighted by Crippen LogP contribution is 2.32. The van der Waals surface area contributed by atoms with Gasteiger partial charge in [-0.15, -0.1) is 0 Å². The molecule has 2 aromatic heterocycles. The lowest BCUT2D eigenvalue weighted by Crippen LogP contribution is -1.99. The summed E-state index contributed by atoms with van der Waals surface area (Å²) in [5, 5.41) is 1.47. The molecular weight excluding hydrogens is 347 g/mol. The molecule has 0 bridgehead atoms. The number of hydrogen-bond donors (Lipinski definition) is 0. The van der Waals surface area contributed by atoms with Crippen LogP contribution in [0.1, 0.15) is 0 Å². The maximum atomic E-state index is 12.2. The Bertz CT molecular complexity index is 1110. The summed E-state index contributed by atoms with van der Waals surface area (Å²) in [5.41, 5.74) is 1.20. The van der Waals surface area contributed by atoms with Crippen molar-refractivity contribution in [1.82, 2.24) is 0 Å². The van der Waals surface area contributed by atoms with E-state index in [1.807, 2.05) is 12.1 Å². The lowest BCUT2D eigenvalue weighted by atomic mass is 10.2. The molecule has 0 unspecified atom stereocenters. The molecule has 0 aliphatic heterocycles. The van der Waals surface area contributed by atoms with Gasteiger partial charge in [0.05, 0.1) is 15.4 Å². The van der Waals surface area contributed by atoms with Crippen LogP contribution in [0.3, 0.4) is 0 Å². The number of para-hydroxylation sites is 1. The van der Waals surface area contributed by atoms with Crippen LogP contribution < -0.4 is 5.43 Å². The van der Waals surface area contributed by atoms with Gasteiger partial charge in [0.1, 0.15) is 11.3 Å². The summed E-state index contributed by atoms with van der Waals surface area (Å²) in [7, 11) is 0. The molecule has 0 amide bonds. The third kappa shape index (κ3) is 2.62. The van der Waals surface area contributed by atoms with Crippen molar-refractivity contribution in [2.75, 3.05) is 0 Å². The normalized spacial score (nSPS) is 11.1. The summed E-state index contributed by atoms with van der Waals surface area (Å²) in [5.74, 6) is 1.46. The van der Waals surface area contributed by atoms with Gasteiger partial charge >= 0.3 is 0 Å². The second kappa shape index (κ2) is 5.86. The molecule has 2 aromatic carbocycles. The van der Waals surface area contributed by atoms with Gasteiger partial charge in [-0.3, -0.25) is 4.79 Å². The van der Waals surface area contributed by atoms with E-state index in [4.69, 9.17) is 32.0 Å². The smallest absolute Gasteiger partial charge is 0.193 e. The highest BCUT2D eigenvalue weighted by atomic mass is 35.5. The SMILES string of the molecule is O=c1cc(-c2ccc(-c3ccc(Cl)c(Cl)c3)o2)oc2ccccc12. The monoisotopic (exact) mass is 356 g/mol. The number of hydrogen-bond acceptors (Lipinski definition) is 3. The molecule has 4 aromatic rings. The van der Waals surface area contributed by atoms with Gasteiger partial charge in [0.15, 0.2) is 16.9 Å². The summed E-state index contributed by atoms with van der Waals surface area (Å²) >= 11 is 12.0. The fraction of sp³-hybridized carbons (Fsp3) is 0. The van der Waals surface area contributed by atoms with Crippen molar-refractivity contribution in [1.29, 1.82) is 0 Å². The molecule has 3 nitrogen and oxygen atoms in total. The molecule has 0 aliphatic rings. The quantitative estimate of drug-likeness (QED) is 0.440. The predicted octanol–water partition coefficient (Wildman–Crippen LogP) is 6.03. The molecule has 0 fully saturated rings. The van der Waals surface area contributed by atoms with Crippen LogP contribution >= 0.6 is 23.2 Å². The van der Waals surface area contributed by atoms with Crippen molar-refractivity contribution in [2.45, 2.75) is 0 Å². The summed E-state index contributed by atoms with van der Waals surface area (Å²) in [6.45, 7) is 0. The largest absolute Gasteiger partial charge is 0.453 e. The Morgan fingerprint density at radius 1 is 0.708 bits per heavy atom. The van der Waals surface area contributed by atoms with Crippen LogP contribution in [-0.4, -0.2) is 0 Å². The van der Waals surface area contributed by atoms with Crippen molar-refractivity contribution >= 4 is 34.2 Å². The van der Waals surface area contributed by atoms with Crippen molar-refractivity contribution in [2.24, 2.45) is 0 Å². The zero-order chi connectivity index (χ0) is 16.7. The number of fused-ring (bicyclic) bond motifs is 1. The molecule has 24 heavy (non-hydrogen) atoms. The minimum atomic E-state index is -0.112. The fourth-order valence-electron chi connectivity index (χ4n) is 2.50. The Kier molecular flexibility index (Phi) is 3.68. The van der Waals surface area contributed by atoms with Gasteiger partial charge in [-0.05, 0) is 42.5 Å². The molecule has 4 rings (SSSR count). The number of halogens is 2. The van der Waals surface area contributed by atoms with E-state index in [9.17, 15) is 4.79 Å². The molecule has 118 valence electrons. The molecule has 5 heteroatoms. The van der Waals surface area contributed by atoms with E-state index in [1.54, 1.807) is 42.5 Å². The van der Waals surface area contributed by atoms with Gasteiger partial charge in [-0.25, -0.2) is 0 Å². The maximum absolute atomic E-state index is 12.2. The van der Waals surface area contributed by atoms with Crippen LogP contribution in [-0.2, 0) is 0 Å². The van der Waals surface area contributed by atoms with Crippen LogP contribution in [0.2, 0.25) is 10.0 Å². The molecule has 0 atom stereocenters. The minimum Gasteiger partial charge on any atom is -0.453 e. The fourth-order valence-corrected chi connectivity index (χ4v) is 2.80. The van der Waals surface area contributed by atoms with Crippen molar-refractivity contribution in [3.8, 4) is 22.8 Å². The summed E-state index contributed by atoms with van der Waals surface area (Å²) in [6.07, 6.45) is 0. The lowest BCUT2D eigenvalue weighted by molar-refractivity contribution is 0.546. The van der Waals surface area contributed by atoms with Gasteiger partial charge < -0.3 is 8.83 Å². The third-order valence-corrected chi connectivity index (χ3v) is 4.43. The van der Waals surface area contributed by atoms with E-state index in [1.165, 1.54) is 6.07 Å². The van der Waals surface area contributed by atoms with Crippen molar-refractivity contribution in [3.05, 3.63) is 80.9 Å². The van der Waals surface area contributed by atoms with E-state index in [-0.39, 0.29) is 5.43 Å². The van der Waals surface area contributed by atoms with Gasteiger partial charge in [-0.1, -0.05) is 35.3 Å². The summed E-state index contributed by atoms with van der Waals surface area (Å²) in [4.78, 5) is 12.2. The second-order valence-corrected chi connectivity index (χ2v) is 6.08. The molecule has 0 N–H and O–H groups in total. The first-order chi connectivity index (χ1) is 11.6. The topological polar surface area (TPSA) is 43.4 Å². The first kappa shape index (κ1) is 15.1. The predicted molar refractivity (Wildman–Crippen MR) is 95.6 cm³/mol. The Balaban J connectivity index is 1.80. The van der Waals surface area contributed by atoms with Crippen LogP contribution in [0.25, 0.3) is 33.8 Å². The number of furan rings is 1. The van der Waals surface area contributed by atoms with Gasteiger partial charge in [0.2, 0.25) is 0 Å². The maximum Gasteiger partial charge on any atom is 0.193 e. The molecule has 2 heterocycles. The average Bonchev–Trinajstić information content (AvgIpc) is 3.07. The van der Waals surface area contributed by atoms with E-state index >= 15 is 0 Å². The van der Waals surface area contributed by atoms with Gasteiger partial charge in [0, 0.05) is 11.6 Å². The first-order valence-electron chi connectivity index (χ1n) is 7.20. The average molecular weight is 357 g/mol. The van der Waals surface area contributed by atoms with Crippen LogP contribution in [0.15, 0.2) is 74.3 Å². The Morgan fingerprint density at radius 2 is 1.50 bits per heavy atom. The second-order valence-electron chi connectivity index (χ2n) is 5.26. The first-order valence-corrected chi connectivity index (χ1v) is 7.96. The van der Waals surface area contributed by atoms with E-state index in [0.717, 1.165) is 5.56 Å². The van der Waals surface area contributed by atoms with Crippen molar-refractivity contribution in [3.63, 3.8) is 0 Å². The summed E-state index contributed by atoms with van der Waals surface area (Å²) in [6, 6.07) is 17.3. The molecule has 0 saturated heterocycles. The van der Waals surface area contributed by atoms with Gasteiger partial charge in [0.25, 0.3) is 0 Å². The van der Waals surface area contributed by atoms with E-state index in [2.05, 4.69) is 0 Å². The van der Waals surface area contributed by atoms with Gasteiger partial charge in [-0.2, -0.15) is 0 Å². The Labute approximate surface area is 147 Å². The number of benzene rings is 2. The zero-order valence-corrected chi connectivity index (χ0v) is 13.8. The highest BCUT2D eigenvalue weighted by Gasteiger charge is 2.12. The molecule has 0 spiro atoms.